The molecule has 1 aromatic carbocycles. The van der Waals surface area contributed by atoms with E-state index in [1.165, 1.54) is 5.56 Å². The van der Waals surface area contributed by atoms with Crippen LogP contribution in [0.2, 0.25) is 0 Å². The van der Waals surface area contributed by atoms with Gasteiger partial charge in [0.1, 0.15) is 17.2 Å². The van der Waals surface area contributed by atoms with Gasteiger partial charge in [-0.25, -0.2) is 9.97 Å². The predicted molar refractivity (Wildman–Crippen MR) is 136 cm³/mol. The largest absolute Gasteiger partial charge is 0.352 e. The van der Waals surface area contributed by atoms with Gasteiger partial charge in [-0.05, 0) is 52.2 Å². The molecule has 0 unspecified atom stereocenters. The Bertz CT molecular complexity index is 1640. The maximum atomic E-state index is 5.94. The number of benzene rings is 1. The third-order valence-electron chi connectivity index (χ3n) is 6.33. The lowest BCUT2D eigenvalue weighted by Crippen LogP contribution is -2.56. The molecule has 166 valence electrons. The number of pyridine rings is 1. The van der Waals surface area contributed by atoms with Gasteiger partial charge in [0.2, 0.25) is 0 Å². The second-order valence-corrected chi connectivity index (χ2v) is 9.36. The van der Waals surface area contributed by atoms with Crippen molar-refractivity contribution in [2.75, 3.05) is 18.0 Å². The number of thiophene rings is 1. The number of rotatable bonds is 4. The quantitative estimate of drug-likeness (QED) is 0.356. The van der Waals surface area contributed by atoms with Crippen LogP contribution in [0.5, 0.6) is 0 Å². The molecule has 6 aromatic rings. The molecule has 0 radical (unpaired) electrons. The molecule has 0 saturated carbocycles. The molecule has 0 aliphatic carbocycles. The van der Waals surface area contributed by atoms with Crippen molar-refractivity contribution in [3.63, 3.8) is 0 Å². The van der Waals surface area contributed by atoms with Crippen LogP contribution in [-0.4, -0.2) is 49.3 Å². The Labute approximate surface area is 198 Å². The first-order valence-corrected chi connectivity index (χ1v) is 12.0. The third-order valence-corrected chi connectivity index (χ3v) is 7.02. The van der Waals surface area contributed by atoms with Crippen molar-refractivity contribution in [1.29, 1.82) is 0 Å². The van der Waals surface area contributed by atoms with Crippen LogP contribution in [-0.2, 0) is 0 Å². The lowest BCUT2D eigenvalue weighted by molar-refractivity contribution is 0.514. The zero-order valence-corrected chi connectivity index (χ0v) is 18.9. The van der Waals surface area contributed by atoms with Crippen LogP contribution in [0, 0.1) is 0 Å². The first-order chi connectivity index (χ1) is 16.7. The van der Waals surface area contributed by atoms with Crippen LogP contribution in [0.4, 0.5) is 5.82 Å². The molecule has 4 N–H and O–H groups in total. The van der Waals surface area contributed by atoms with Crippen molar-refractivity contribution in [1.82, 2.24) is 30.1 Å². The summed E-state index contributed by atoms with van der Waals surface area (Å²) in [7, 11) is 0. The summed E-state index contributed by atoms with van der Waals surface area (Å²) in [5.41, 5.74) is 13.7. The van der Waals surface area contributed by atoms with E-state index in [-0.39, 0.29) is 6.04 Å². The van der Waals surface area contributed by atoms with Gasteiger partial charge >= 0.3 is 0 Å². The molecular weight excluding hydrogens is 444 g/mol. The summed E-state index contributed by atoms with van der Waals surface area (Å²) in [6.07, 6.45) is 5.43. The summed E-state index contributed by atoms with van der Waals surface area (Å²) in [6.45, 7) is 1.62. The SMILES string of the molecule is NC1CN(c2cncc(-c3ccc4[nH]nc(-c5cc6c(-c7ccsc7)ccnc6[nH]5)c4c3)n2)C1. The van der Waals surface area contributed by atoms with E-state index in [0.29, 0.717) is 0 Å². The van der Waals surface area contributed by atoms with Gasteiger partial charge < -0.3 is 15.6 Å². The zero-order chi connectivity index (χ0) is 22.6. The van der Waals surface area contributed by atoms with Crippen molar-refractivity contribution < 1.29 is 0 Å². The monoisotopic (exact) mass is 464 g/mol. The first-order valence-electron chi connectivity index (χ1n) is 11.0. The molecule has 1 aliphatic rings. The maximum absolute atomic E-state index is 5.94. The highest BCUT2D eigenvalue weighted by Crippen LogP contribution is 2.35. The molecule has 1 saturated heterocycles. The average molecular weight is 465 g/mol. The average Bonchev–Trinajstić information content (AvgIpc) is 3.60. The van der Waals surface area contributed by atoms with Crippen LogP contribution in [0.1, 0.15) is 0 Å². The highest BCUT2D eigenvalue weighted by atomic mass is 32.1. The number of fused-ring (bicyclic) bond motifs is 2. The number of H-pyrrole nitrogens is 2. The Morgan fingerprint density at radius 3 is 2.82 bits per heavy atom. The second kappa shape index (κ2) is 7.47. The number of anilines is 1. The van der Waals surface area contributed by atoms with E-state index in [4.69, 9.17) is 10.7 Å². The molecule has 0 spiro atoms. The normalized spacial score (nSPS) is 14.2. The summed E-state index contributed by atoms with van der Waals surface area (Å²) in [5.74, 6) is 0.856. The van der Waals surface area contributed by atoms with Crippen molar-refractivity contribution in [2.45, 2.75) is 6.04 Å². The lowest BCUT2D eigenvalue weighted by atomic mass is 10.1. The highest BCUT2D eigenvalue weighted by Gasteiger charge is 2.24. The Morgan fingerprint density at radius 2 is 1.97 bits per heavy atom. The van der Waals surface area contributed by atoms with Gasteiger partial charge in [0.05, 0.1) is 29.3 Å². The molecule has 1 aliphatic heterocycles. The standard InChI is InChI=1S/C25H20N8S/c26-16-11-33(12-16)23-10-27-9-22(29-23)14-1-2-20-19(7-14)24(32-31-20)21-8-18-17(15-4-6-34-13-15)3-5-28-25(18)30-21/h1-10,13,16H,11-12,26H2,(H,28,30)(H,31,32). The van der Waals surface area contributed by atoms with Crippen molar-refractivity contribution >= 4 is 39.1 Å². The van der Waals surface area contributed by atoms with Crippen LogP contribution in [0.15, 0.2) is 65.7 Å². The molecule has 9 heteroatoms. The zero-order valence-electron chi connectivity index (χ0n) is 18.1. The van der Waals surface area contributed by atoms with Crippen LogP contribution in [0.3, 0.4) is 0 Å². The van der Waals surface area contributed by atoms with Gasteiger partial charge in [-0.15, -0.1) is 0 Å². The van der Waals surface area contributed by atoms with Gasteiger partial charge in [0, 0.05) is 41.7 Å². The fourth-order valence-corrected chi connectivity index (χ4v) is 5.21. The van der Waals surface area contributed by atoms with Crippen molar-refractivity contribution in [3.8, 4) is 33.8 Å². The van der Waals surface area contributed by atoms with Gasteiger partial charge in [0.15, 0.2) is 0 Å². The number of hydrogen-bond donors (Lipinski definition) is 3. The molecule has 0 bridgehead atoms. The molecule has 6 heterocycles. The van der Waals surface area contributed by atoms with Gasteiger partial charge in [-0.1, -0.05) is 6.07 Å². The highest BCUT2D eigenvalue weighted by molar-refractivity contribution is 7.08. The van der Waals surface area contributed by atoms with E-state index in [0.717, 1.165) is 69.1 Å². The number of nitrogens with zero attached hydrogens (tertiary/aromatic N) is 5. The second-order valence-electron chi connectivity index (χ2n) is 8.58. The fraction of sp³-hybridized carbons (Fsp3) is 0.120. The Hall–Kier alpha value is -4.08. The van der Waals surface area contributed by atoms with E-state index in [1.807, 2.05) is 18.3 Å². The maximum Gasteiger partial charge on any atom is 0.147 e. The van der Waals surface area contributed by atoms with E-state index in [1.54, 1.807) is 23.7 Å². The molecule has 5 aromatic heterocycles. The van der Waals surface area contributed by atoms with Gasteiger partial charge in [-0.3, -0.25) is 10.1 Å². The predicted octanol–water partition coefficient (Wildman–Crippen LogP) is 4.44. The Kier molecular flexibility index (Phi) is 4.26. The summed E-state index contributed by atoms with van der Waals surface area (Å²) in [5, 5.41) is 14.1. The topological polar surface area (TPSA) is 112 Å². The number of aromatic amines is 2. The summed E-state index contributed by atoms with van der Waals surface area (Å²) >= 11 is 1.69. The van der Waals surface area contributed by atoms with E-state index >= 15 is 0 Å². The van der Waals surface area contributed by atoms with Crippen LogP contribution < -0.4 is 10.6 Å². The van der Waals surface area contributed by atoms with E-state index in [9.17, 15) is 0 Å². The molecular formula is C25H20N8S. The van der Waals surface area contributed by atoms with Crippen molar-refractivity contribution in [2.24, 2.45) is 5.73 Å². The van der Waals surface area contributed by atoms with E-state index < -0.39 is 0 Å². The Balaban J connectivity index is 1.31. The number of aromatic nitrogens is 6. The molecule has 34 heavy (non-hydrogen) atoms. The molecule has 0 amide bonds. The molecule has 7 rings (SSSR count). The molecule has 0 atom stereocenters. The van der Waals surface area contributed by atoms with Gasteiger partial charge in [0.25, 0.3) is 0 Å². The van der Waals surface area contributed by atoms with Crippen LogP contribution >= 0.6 is 11.3 Å². The first kappa shape index (κ1) is 19.4. The molecule has 8 nitrogen and oxygen atoms in total. The van der Waals surface area contributed by atoms with E-state index in [2.05, 4.69) is 65.1 Å². The summed E-state index contributed by atoms with van der Waals surface area (Å²) in [6, 6.07) is 12.7. The number of nitrogens with two attached hydrogens (primary N) is 1. The minimum absolute atomic E-state index is 0.210. The van der Waals surface area contributed by atoms with Gasteiger partial charge in [-0.2, -0.15) is 16.4 Å². The Morgan fingerprint density at radius 1 is 1.03 bits per heavy atom. The number of nitrogens with one attached hydrogen (secondary N) is 2. The smallest absolute Gasteiger partial charge is 0.147 e. The minimum Gasteiger partial charge on any atom is -0.352 e. The van der Waals surface area contributed by atoms with Crippen LogP contribution in [0.25, 0.3) is 55.7 Å². The van der Waals surface area contributed by atoms with Crippen molar-refractivity contribution in [3.05, 3.63) is 65.7 Å². The molecule has 1 fully saturated rings. The fourth-order valence-electron chi connectivity index (χ4n) is 4.55. The third kappa shape index (κ3) is 3.09. The lowest BCUT2D eigenvalue weighted by Gasteiger charge is -2.37. The number of hydrogen-bond acceptors (Lipinski definition) is 7. The summed E-state index contributed by atoms with van der Waals surface area (Å²) in [4.78, 5) is 19.4. The summed E-state index contributed by atoms with van der Waals surface area (Å²) < 4.78 is 0. The minimum atomic E-state index is 0.210.